The van der Waals surface area contributed by atoms with Crippen molar-refractivity contribution in [3.63, 3.8) is 0 Å². The Labute approximate surface area is 282 Å². The van der Waals surface area contributed by atoms with Crippen molar-refractivity contribution in [3.05, 3.63) is 70.9 Å². The van der Waals surface area contributed by atoms with Crippen LogP contribution in [0.5, 0.6) is 5.75 Å². The number of amides is 2. The smallest absolute Gasteiger partial charge is 0.410 e. The van der Waals surface area contributed by atoms with Gasteiger partial charge in [0.2, 0.25) is 5.91 Å². The minimum absolute atomic E-state index is 0. The first-order chi connectivity index (χ1) is 20.3. The molecule has 2 amide bonds. The molecule has 2 aromatic carbocycles. The molecule has 0 bridgehead atoms. The molecule has 10 nitrogen and oxygen atoms in total. The topological polar surface area (TPSA) is 127 Å². The number of hydrogen-bond acceptors (Lipinski definition) is 7. The summed E-state index contributed by atoms with van der Waals surface area (Å²) in [6.07, 6.45) is 2.95. The molecule has 233 valence electrons. The van der Waals surface area contributed by atoms with Gasteiger partial charge in [0.15, 0.2) is 0 Å². The molecule has 3 aromatic rings. The summed E-state index contributed by atoms with van der Waals surface area (Å²) in [7, 11) is 1.60. The first-order valence-electron chi connectivity index (χ1n) is 14.1. The van der Waals surface area contributed by atoms with E-state index in [1.54, 1.807) is 29.6 Å². The van der Waals surface area contributed by atoms with Gasteiger partial charge in [0.1, 0.15) is 17.2 Å². The number of nitrogens with one attached hydrogen (secondary N) is 2. The van der Waals surface area contributed by atoms with E-state index in [9.17, 15) is 9.59 Å². The number of anilines is 1. The largest absolute Gasteiger partial charge is 0.681 e. The van der Waals surface area contributed by atoms with E-state index in [1.807, 2.05) is 65.0 Å². The molecule has 1 aliphatic rings. The molecule has 2 heterocycles. The van der Waals surface area contributed by atoms with E-state index in [4.69, 9.17) is 14.7 Å². The van der Waals surface area contributed by atoms with Gasteiger partial charge in [-0.1, -0.05) is 37.7 Å². The minimum atomic E-state index is -0.622. The number of aromatic nitrogens is 1. The fraction of sp³-hybridized carbons (Fsp3) is 0.406. The second-order valence-corrected chi connectivity index (χ2v) is 12.1. The Morgan fingerprint density at radius 2 is 1.86 bits per heavy atom. The number of carbonyl (C=O) groups is 2. The standard InChI is InChI=1S/C32H39FN5O5.Y/c1-31(2,3)43-30(40)38-16-14-23(32(4,5)19-38)22-11-12-24-27(28(22)33)29(25(18-35-24)34-15-13-26(39)37-41)36-17-20-7-9-21(42-6)10-8-20;/h7-12,14,18,41H,13,15-17,19H2,1-6H3,(H,35,36)(H,37,39);/q-1;. The maximum absolute atomic E-state index is 16.7. The molecule has 0 spiro atoms. The number of hydrogen-bond donors (Lipinski definition) is 3. The molecule has 1 radical (unpaired) electrons. The van der Waals surface area contributed by atoms with Crippen LogP contribution in [0.15, 0.2) is 48.7 Å². The van der Waals surface area contributed by atoms with Crippen LogP contribution in [-0.2, 0) is 48.8 Å². The number of ether oxygens (including phenoxy) is 2. The third-order valence-corrected chi connectivity index (χ3v) is 7.10. The SMILES string of the molecule is COc1ccc(CNc2c([N-]CCC(=O)NO)cnc3ccc(C4=CCN(C(=O)OC(C)(C)C)CC4(C)C)c(F)c23)cc1.[Y]. The van der Waals surface area contributed by atoms with Gasteiger partial charge in [-0.15, -0.1) is 6.54 Å². The zero-order valence-electron chi connectivity index (χ0n) is 26.0. The van der Waals surface area contributed by atoms with Crippen molar-refractivity contribution in [2.24, 2.45) is 5.41 Å². The van der Waals surface area contributed by atoms with E-state index in [1.165, 1.54) is 6.20 Å². The van der Waals surface area contributed by atoms with Crippen LogP contribution in [0.2, 0.25) is 0 Å². The second-order valence-electron chi connectivity index (χ2n) is 12.1. The molecular weight excluding hydrogens is 642 g/mol. The van der Waals surface area contributed by atoms with Gasteiger partial charge < -0.3 is 25.0 Å². The monoisotopic (exact) mass is 681 g/mol. The average molecular weight is 682 g/mol. The minimum Gasteiger partial charge on any atom is -0.681 e. The molecule has 1 aliphatic heterocycles. The Morgan fingerprint density at radius 1 is 1.16 bits per heavy atom. The molecule has 4 rings (SSSR count). The number of pyridine rings is 1. The van der Waals surface area contributed by atoms with E-state index in [2.05, 4.69) is 15.6 Å². The third-order valence-electron chi connectivity index (χ3n) is 7.10. The van der Waals surface area contributed by atoms with Crippen LogP contribution >= 0.6 is 0 Å². The Kier molecular flexibility index (Phi) is 11.7. The quantitative estimate of drug-likeness (QED) is 0.173. The summed E-state index contributed by atoms with van der Waals surface area (Å²) in [5.41, 5.74) is 3.78. The molecule has 0 saturated carbocycles. The zero-order valence-corrected chi connectivity index (χ0v) is 28.9. The van der Waals surface area contributed by atoms with E-state index in [0.717, 1.165) is 16.9 Å². The Balaban J connectivity index is 0.00000529. The van der Waals surface area contributed by atoms with Crippen LogP contribution in [0.25, 0.3) is 21.8 Å². The van der Waals surface area contributed by atoms with E-state index in [-0.39, 0.29) is 57.6 Å². The number of nitrogens with zero attached hydrogens (tertiary/aromatic N) is 3. The maximum atomic E-state index is 16.7. The molecule has 0 atom stereocenters. The zero-order chi connectivity index (χ0) is 31.4. The van der Waals surface area contributed by atoms with Crippen LogP contribution in [-0.4, -0.2) is 59.4 Å². The first kappa shape index (κ1) is 35.2. The van der Waals surface area contributed by atoms with Gasteiger partial charge in [0, 0.05) is 81.6 Å². The van der Waals surface area contributed by atoms with Crippen LogP contribution in [0.4, 0.5) is 20.6 Å². The number of hydroxylamine groups is 1. The summed E-state index contributed by atoms with van der Waals surface area (Å²) in [6.45, 7) is 10.5. The molecule has 3 N–H and O–H groups in total. The molecule has 0 unspecified atom stereocenters. The van der Waals surface area contributed by atoms with Crippen molar-refractivity contribution in [2.45, 2.75) is 53.2 Å². The average Bonchev–Trinajstić information content (AvgIpc) is 2.95. The molecule has 0 saturated heterocycles. The first-order valence-corrected chi connectivity index (χ1v) is 14.1. The van der Waals surface area contributed by atoms with Crippen molar-refractivity contribution >= 4 is 39.9 Å². The van der Waals surface area contributed by atoms with Crippen molar-refractivity contribution in [3.8, 4) is 5.75 Å². The van der Waals surface area contributed by atoms with Crippen LogP contribution in [0.1, 0.15) is 52.2 Å². The summed E-state index contributed by atoms with van der Waals surface area (Å²) in [4.78, 5) is 30.4. The van der Waals surface area contributed by atoms with Gasteiger partial charge in [0.25, 0.3) is 0 Å². The summed E-state index contributed by atoms with van der Waals surface area (Å²) in [6, 6.07) is 11.0. The van der Waals surface area contributed by atoms with E-state index < -0.39 is 28.8 Å². The third kappa shape index (κ3) is 8.46. The number of benzene rings is 2. The number of rotatable bonds is 9. The van der Waals surface area contributed by atoms with Crippen molar-refractivity contribution in [1.29, 1.82) is 0 Å². The predicted molar refractivity (Wildman–Crippen MR) is 164 cm³/mol. The van der Waals surface area contributed by atoms with Gasteiger partial charge in [0.05, 0.1) is 18.0 Å². The maximum Gasteiger partial charge on any atom is 0.410 e. The van der Waals surface area contributed by atoms with Crippen molar-refractivity contribution in [2.75, 3.05) is 32.1 Å². The van der Waals surface area contributed by atoms with Crippen molar-refractivity contribution in [1.82, 2.24) is 15.4 Å². The van der Waals surface area contributed by atoms with Gasteiger partial charge in [-0.25, -0.2) is 14.7 Å². The van der Waals surface area contributed by atoms with Crippen LogP contribution in [0.3, 0.4) is 0 Å². The molecule has 12 heteroatoms. The molecule has 1 aromatic heterocycles. The number of carbonyl (C=O) groups excluding carboxylic acids is 2. The summed E-state index contributed by atoms with van der Waals surface area (Å²) >= 11 is 0. The Morgan fingerprint density at radius 3 is 2.48 bits per heavy atom. The van der Waals surface area contributed by atoms with Gasteiger partial charge in [-0.05, 0) is 56.2 Å². The van der Waals surface area contributed by atoms with Gasteiger partial charge >= 0.3 is 6.09 Å². The summed E-state index contributed by atoms with van der Waals surface area (Å²) < 4.78 is 27.5. The van der Waals surface area contributed by atoms with Crippen molar-refractivity contribution < 1.29 is 61.4 Å². The molecule has 0 fully saturated rings. The Hall–Kier alpha value is -3.28. The van der Waals surface area contributed by atoms with E-state index in [0.29, 0.717) is 35.5 Å². The summed E-state index contributed by atoms with van der Waals surface area (Å²) in [5, 5.41) is 17.0. The van der Waals surface area contributed by atoms with Gasteiger partial charge in [-0.3, -0.25) is 15.0 Å². The fourth-order valence-electron chi connectivity index (χ4n) is 5.05. The second kappa shape index (κ2) is 14.7. The summed E-state index contributed by atoms with van der Waals surface area (Å²) in [5.74, 6) is -0.316. The predicted octanol–water partition coefficient (Wildman–Crippen LogP) is 6.55. The number of methoxy groups -OCH3 is 1. The van der Waals surface area contributed by atoms with Crippen LogP contribution < -0.4 is 15.5 Å². The fourth-order valence-corrected chi connectivity index (χ4v) is 5.05. The molecule has 0 aliphatic carbocycles. The number of halogens is 1. The number of fused-ring (bicyclic) bond motifs is 1. The normalized spacial score (nSPS) is 14.3. The van der Waals surface area contributed by atoms with Crippen LogP contribution in [0, 0.1) is 11.2 Å². The van der Waals surface area contributed by atoms with E-state index >= 15 is 4.39 Å². The molecular formula is C32H39FN5O5Y-. The molecule has 44 heavy (non-hydrogen) atoms. The van der Waals surface area contributed by atoms with Gasteiger partial charge in [-0.2, -0.15) is 0 Å². The Bertz CT molecular complexity index is 1520.